The molecule has 20 heavy (non-hydrogen) atoms. The minimum absolute atomic E-state index is 0.150. The zero-order valence-electron chi connectivity index (χ0n) is 14.6. The Morgan fingerprint density at radius 2 is 1.20 bits per heavy atom. The van der Waals surface area contributed by atoms with E-state index in [4.69, 9.17) is 14.2 Å². The third kappa shape index (κ3) is 12.9. The Kier molecular flexibility index (Phi) is 11.5. The van der Waals surface area contributed by atoms with E-state index in [9.17, 15) is 0 Å². The minimum atomic E-state index is -0.150. The molecule has 3 heteroatoms. The molecule has 3 nitrogen and oxygen atoms in total. The molecule has 0 aliphatic heterocycles. The van der Waals surface area contributed by atoms with E-state index < -0.39 is 0 Å². The standard InChI is InChI=1S/C17H36O3/c1-13(2)8-10-18-16(7)12-17(20-15(5)6)19-11-9-14(3)4/h13-17H,8-12H2,1-7H3. The summed E-state index contributed by atoms with van der Waals surface area (Å²) in [7, 11) is 0. The molecule has 0 radical (unpaired) electrons. The zero-order chi connectivity index (χ0) is 15.5. The molecule has 0 fully saturated rings. The first-order chi connectivity index (χ1) is 9.31. The van der Waals surface area contributed by atoms with Crippen LogP contribution in [0.2, 0.25) is 0 Å². The first-order valence-electron chi connectivity index (χ1n) is 8.19. The molecule has 0 aliphatic carbocycles. The molecule has 0 spiro atoms. The van der Waals surface area contributed by atoms with Crippen molar-refractivity contribution in [2.24, 2.45) is 11.8 Å². The first-order valence-corrected chi connectivity index (χ1v) is 8.19. The van der Waals surface area contributed by atoms with Crippen molar-refractivity contribution in [3.05, 3.63) is 0 Å². The SMILES string of the molecule is CC(C)CCOC(C)CC(OCCC(C)C)OC(C)C. The van der Waals surface area contributed by atoms with E-state index in [1.54, 1.807) is 0 Å². The molecule has 0 bridgehead atoms. The van der Waals surface area contributed by atoms with Crippen LogP contribution in [0.3, 0.4) is 0 Å². The molecule has 0 aromatic carbocycles. The van der Waals surface area contributed by atoms with E-state index in [0.29, 0.717) is 11.8 Å². The summed E-state index contributed by atoms with van der Waals surface area (Å²) < 4.78 is 17.5. The number of ether oxygens (including phenoxy) is 3. The van der Waals surface area contributed by atoms with Gasteiger partial charge in [0.1, 0.15) is 0 Å². The summed E-state index contributed by atoms with van der Waals surface area (Å²) >= 11 is 0. The van der Waals surface area contributed by atoms with Gasteiger partial charge in [0.2, 0.25) is 0 Å². The Morgan fingerprint density at radius 1 is 0.700 bits per heavy atom. The van der Waals surface area contributed by atoms with Gasteiger partial charge in [-0.2, -0.15) is 0 Å². The average molecular weight is 288 g/mol. The van der Waals surface area contributed by atoms with Crippen molar-refractivity contribution in [3.8, 4) is 0 Å². The fourth-order valence-electron chi connectivity index (χ4n) is 1.75. The lowest BCUT2D eigenvalue weighted by atomic mass is 10.1. The van der Waals surface area contributed by atoms with Crippen LogP contribution in [0.4, 0.5) is 0 Å². The molecule has 122 valence electrons. The summed E-state index contributed by atoms with van der Waals surface area (Å²) in [5.74, 6) is 1.35. The van der Waals surface area contributed by atoms with Gasteiger partial charge >= 0.3 is 0 Å². The maximum Gasteiger partial charge on any atom is 0.160 e. The van der Waals surface area contributed by atoms with Gasteiger partial charge in [0.25, 0.3) is 0 Å². The average Bonchev–Trinajstić information content (AvgIpc) is 2.26. The Labute approximate surface area is 126 Å². The quantitative estimate of drug-likeness (QED) is 0.490. The summed E-state index contributed by atoms with van der Waals surface area (Å²) in [6.07, 6.45) is 3.18. The Hall–Kier alpha value is -0.120. The molecule has 0 saturated heterocycles. The smallest absolute Gasteiger partial charge is 0.160 e. The van der Waals surface area contributed by atoms with Crippen molar-refractivity contribution < 1.29 is 14.2 Å². The maximum atomic E-state index is 5.86. The summed E-state index contributed by atoms with van der Waals surface area (Å²) in [5.41, 5.74) is 0. The van der Waals surface area contributed by atoms with Crippen LogP contribution in [0, 0.1) is 11.8 Å². The van der Waals surface area contributed by atoms with Gasteiger partial charge in [-0.3, -0.25) is 0 Å². The van der Waals surface area contributed by atoms with Crippen LogP contribution < -0.4 is 0 Å². The van der Waals surface area contributed by atoms with Gasteiger partial charge in [-0.25, -0.2) is 0 Å². The molecular formula is C17H36O3. The van der Waals surface area contributed by atoms with Gasteiger partial charge in [-0.1, -0.05) is 27.7 Å². The molecule has 2 atom stereocenters. The van der Waals surface area contributed by atoms with Gasteiger partial charge in [0, 0.05) is 19.6 Å². The minimum Gasteiger partial charge on any atom is -0.378 e. The third-order valence-corrected chi connectivity index (χ3v) is 3.04. The highest BCUT2D eigenvalue weighted by Gasteiger charge is 2.16. The van der Waals surface area contributed by atoms with Crippen LogP contribution in [0.15, 0.2) is 0 Å². The third-order valence-electron chi connectivity index (χ3n) is 3.04. The van der Waals surface area contributed by atoms with Gasteiger partial charge in [-0.15, -0.1) is 0 Å². The largest absolute Gasteiger partial charge is 0.378 e. The van der Waals surface area contributed by atoms with E-state index in [2.05, 4.69) is 34.6 Å². The second kappa shape index (κ2) is 11.5. The fraction of sp³-hybridized carbons (Fsp3) is 1.00. The molecule has 2 unspecified atom stereocenters. The molecule has 0 rings (SSSR count). The Balaban J connectivity index is 3.99. The van der Waals surface area contributed by atoms with Crippen LogP contribution in [0.25, 0.3) is 0 Å². The Morgan fingerprint density at radius 3 is 1.65 bits per heavy atom. The van der Waals surface area contributed by atoms with E-state index in [-0.39, 0.29) is 18.5 Å². The van der Waals surface area contributed by atoms with E-state index in [0.717, 1.165) is 32.5 Å². The van der Waals surface area contributed by atoms with Crippen molar-refractivity contribution in [1.82, 2.24) is 0 Å². The van der Waals surface area contributed by atoms with Crippen molar-refractivity contribution in [1.29, 1.82) is 0 Å². The molecule has 0 aliphatic rings. The molecule has 0 heterocycles. The van der Waals surface area contributed by atoms with Gasteiger partial charge in [-0.05, 0) is 45.4 Å². The monoisotopic (exact) mass is 288 g/mol. The van der Waals surface area contributed by atoms with E-state index in [1.807, 2.05) is 13.8 Å². The van der Waals surface area contributed by atoms with Crippen molar-refractivity contribution in [2.45, 2.75) is 86.2 Å². The highest BCUT2D eigenvalue weighted by atomic mass is 16.7. The predicted octanol–water partition coefficient (Wildman–Crippen LogP) is 4.64. The van der Waals surface area contributed by atoms with Crippen molar-refractivity contribution in [3.63, 3.8) is 0 Å². The molecule has 0 N–H and O–H groups in total. The fourth-order valence-corrected chi connectivity index (χ4v) is 1.75. The van der Waals surface area contributed by atoms with Crippen LogP contribution >= 0.6 is 0 Å². The number of rotatable bonds is 12. The second-order valence-electron chi connectivity index (χ2n) is 6.77. The molecular weight excluding hydrogens is 252 g/mol. The molecule has 0 aromatic rings. The summed E-state index contributed by atoms with van der Waals surface area (Å²) in [6, 6.07) is 0. The van der Waals surface area contributed by atoms with Crippen LogP contribution in [-0.2, 0) is 14.2 Å². The molecule has 0 saturated carbocycles. The maximum absolute atomic E-state index is 5.86. The topological polar surface area (TPSA) is 27.7 Å². The highest BCUT2D eigenvalue weighted by molar-refractivity contribution is 4.58. The molecule has 0 amide bonds. The Bertz CT molecular complexity index is 214. The second-order valence-corrected chi connectivity index (χ2v) is 6.77. The number of hydrogen-bond donors (Lipinski definition) is 0. The lowest BCUT2D eigenvalue weighted by Gasteiger charge is -2.24. The van der Waals surface area contributed by atoms with Gasteiger partial charge in [0.15, 0.2) is 6.29 Å². The van der Waals surface area contributed by atoms with Crippen LogP contribution in [0.5, 0.6) is 0 Å². The lowest BCUT2D eigenvalue weighted by molar-refractivity contribution is -0.180. The zero-order valence-corrected chi connectivity index (χ0v) is 14.6. The van der Waals surface area contributed by atoms with E-state index >= 15 is 0 Å². The van der Waals surface area contributed by atoms with Crippen LogP contribution in [-0.4, -0.2) is 31.7 Å². The van der Waals surface area contributed by atoms with Crippen LogP contribution in [0.1, 0.15) is 67.7 Å². The first kappa shape index (κ1) is 19.9. The van der Waals surface area contributed by atoms with Gasteiger partial charge in [0.05, 0.1) is 12.2 Å². The molecule has 0 aromatic heterocycles. The van der Waals surface area contributed by atoms with Crippen molar-refractivity contribution in [2.75, 3.05) is 13.2 Å². The van der Waals surface area contributed by atoms with E-state index in [1.165, 1.54) is 0 Å². The predicted molar refractivity (Wildman–Crippen MR) is 84.9 cm³/mol. The number of hydrogen-bond acceptors (Lipinski definition) is 3. The lowest BCUT2D eigenvalue weighted by Crippen LogP contribution is -2.27. The van der Waals surface area contributed by atoms with Gasteiger partial charge < -0.3 is 14.2 Å². The highest BCUT2D eigenvalue weighted by Crippen LogP contribution is 2.13. The summed E-state index contributed by atoms with van der Waals surface area (Å²) in [6.45, 7) is 16.6. The summed E-state index contributed by atoms with van der Waals surface area (Å²) in [5, 5.41) is 0. The normalized spacial score (nSPS) is 15.3. The van der Waals surface area contributed by atoms with Crippen molar-refractivity contribution >= 4 is 0 Å². The summed E-state index contributed by atoms with van der Waals surface area (Å²) in [4.78, 5) is 0.